The van der Waals surface area contributed by atoms with Gasteiger partial charge in [0, 0.05) is 5.56 Å². The number of rotatable bonds is 6. The van der Waals surface area contributed by atoms with E-state index in [4.69, 9.17) is 4.74 Å². The third-order valence-electron chi connectivity index (χ3n) is 2.35. The van der Waals surface area contributed by atoms with Gasteiger partial charge in [-0.05, 0) is 24.6 Å². The highest BCUT2D eigenvalue weighted by Gasteiger charge is 2.02. The molecule has 0 unspecified atom stereocenters. The zero-order valence-electron chi connectivity index (χ0n) is 9.90. The second-order valence-electron chi connectivity index (χ2n) is 3.64. The number of unbranched alkanes of at least 4 members (excludes halogenated alkanes) is 2. The monoisotopic (exact) mass is 218 g/mol. The Morgan fingerprint density at radius 2 is 2.25 bits per heavy atom. The first-order valence-electron chi connectivity index (χ1n) is 5.63. The van der Waals surface area contributed by atoms with Crippen molar-refractivity contribution >= 4 is 5.78 Å². The summed E-state index contributed by atoms with van der Waals surface area (Å²) in [5.41, 5.74) is 0.673. The van der Waals surface area contributed by atoms with Crippen molar-refractivity contribution in [3.05, 3.63) is 42.0 Å². The predicted octanol–water partition coefficient (Wildman–Crippen LogP) is 3.62. The highest BCUT2D eigenvalue weighted by atomic mass is 16.5. The van der Waals surface area contributed by atoms with Gasteiger partial charge in [-0.15, -0.1) is 0 Å². The van der Waals surface area contributed by atoms with E-state index >= 15 is 0 Å². The number of methoxy groups -OCH3 is 1. The molecule has 0 atom stereocenters. The normalized spacial score (nSPS) is 10.6. The fourth-order valence-corrected chi connectivity index (χ4v) is 1.38. The molecule has 2 nitrogen and oxygen atoms in total. The van der Waals surface area contributed by atoms with Crippen LogP contribution in [0.4, 0.5) is 0 Å². The van der Waals surface area contributed by atoms with Gasteiger partial charge in [0.2, 0.25) is 0 Å². The lowest BCUT2D eigenvalue weighted by atomic mass is 10.1. The molecule has 0 saturated heterocycles. The van der Waals surface area contributed by atoms with Crippen molar-refractivity contribution in [3.8, 4) is 5.75 Å². The van der Waals surface area contributed by atoms with Crippen molar-refractivity contribution < 1.29 is 9.53 Å². The quantitative estimate of drug-likeness (QED) is 0.414. The number of hydrogen-bond acceptors (Lipinski definition) is 2. The largest absolute Gasteiger partial charge is 0.497 e. The van der Waals surface area contributed by atoms with Crippen LogP contribution in [0.5, 0.6) is 5.75 Å². The maximum Gasteiger partial charge on any atom is 0.185 e. The molecule has 0 amide bonds. The number of hydrogen-bond donors (Lipinski definition) is 0. The van der Waals surface area contributed by atoms with E-state index in [1.165, 1.54) is 0 Å². The maximum atomic E-state index is 11.7. The average Bonchev–Trinajstić information content (AvgIpc) is 2.34. The minimum atomic E-state index is 0.0370. The molecule has 0 aliphatic carbocycles. The Hall–Kier alpha value is -1.57. The molecule has 0 fully saturated rings. The molecule has 1 aromatic carbocycles. The van der Waals surface area contributed by atoms with Crippen LogP contribution in [0.2, 0.25) is 0 Å². The number of benzene rings is 1. The first kappa shape index (κ1) is 12.5. The Bertz CT molecular complexity index is 367. The summed E-state index contributed by atoms with van der Waals surface area (Å²) >= 11 is 0. The molecule has 0 aromatic heterocycles. The summed E-state index contributed by atoms with van der Waals surface area (Å²) in [6.45, 7) is 2.14. The Labute approximate surface area is 96.9 Å². The first-order valence-corrected chi connectivity index (χ1v) is 5.63. The average molecular weight is 218 g/mol. The van der Waals surface area contributed by atoms with Crippen LogP contribution in [0.1, 0.15) is 36.5 Å². The summed E-state index contributed by atoms with van der Waals surface area (Å²) in [5, 5.41) is 0. The van der Waals surface area contributed by atoms with Crippen molar-refractivity contribution in [3.63, 3.8) is 0 Å². The van der Waals surface area contributed by atoms with Crippen LogP contribution in [0.3, 0.4) is 0 Å². The van der Waals surface area contributed by atoms with Crippen LogP contribution in [0, 0.1) is 0 Å². The van der Waals surface area contributed by atoms with E-state index in [0.717, 1.165) is 19.3 Å². The minimum Gasteiger partial charge on any atom is -0.497 e. The second kappa shape index (κ2) is 6.83. The molecular weight excluding hydrogens is 200 g/mol. The van der Waals surface area contributed by atoms with E-state index < -0.39 is 0 Å². The van der Waals surface area contributed by atoms with Crippen molar-refractivity contribution in [1.29, 1.82) is 0 Å². The molecule has 0 aliphatic rings. The van der Waals surface area contributed by atoms with E-state index in [9.17, 15) is 4.79 Å². The zero-order chi connectivity index (χ0) is 11.8. The van der Waals surface area contributed by atoms with Crippen LogP contribution >= 0.6 is 0 Å². The molecule has 1 rings (SSSR count). The van der Waals surface area contributed by atoms with E-state index in [-0.39, 0.29) is 5.78 Å². The Morgan fingerprint density at radius 3 is 2.94 bits per heavy atom. The lowest BCUT2D eigenvalue weighted by Gasteiger charge is -2.00. The molecule has 86 valence electrons. The van der Waals surface area contributed by atoms with Crippen molar-refractivity contribution in [1.82, 2.24) is 0 Å². The van der Waals surface area contributed by atoms with Gasteiger partial charge in [0.15, 0.2) is 5.78 Å². The van der Waals surface area contributed by atoms with Crippen LogP contribution < -0.4 is 4.74 Å². The molecule has 0 aliphatic heterocycles. The van der Waals surface area contributed by atoms with Gasteiger partial charge in [0.25, 0.3) is 0 Å². The minimum absolute atomic E-state index is 0.0370. The Kier molecular flexibility index (Phi) is 5.34. The van der Waals surface area contributed by atoms with Gasteiger partial charge in [0.1, 0.15) is 5.75 Å². The molecule has 16 heavy (non-hydrogen) atoms. The van der Waals surface area contributed by atoms with Crippen LogP contribution in [-0.2, 0) is 0 Å². The third-order valence-corrected chi connectivity index (χ3v) is 2.35. The Balaban J connectivity index is 2.61. The third kappa shape index (κ3) is 3.89. The molecule has 0 bridgehead atoms. The van der Waals surface area contributed by atoms with Crippen molar-refractivity contribution in [2.45, 2.75) is 26.2 Å². The van der Waals surface area contributed by atoms with Gasteiger partial charge in [-0.3, -0.25) is 4.79 Å². The smallest absolute Gasteiger partial charge is 0.185 e. The summed E-state index contributed by atoms with van der Waals surface area (Å²) in [4.78, 5) is 11.7. The first-order chi connectivity index (χ1) is 7.77. The molecule has 1 aromatic rings. The van der Waals surface area contributed by atoms with Gasteiger partial charge in [-0.2, -0.15) is 0 Å². The molecule has 2 heteroatoms. The predicted molar refractivity (Wildman–Crippen MR) is 66.0 cm³/mol. The summed E-state index contributed by atoms with van der Waals surface area (Å²) in [6.07, 6.45) is 6.82. The number of carbonyl (C=O) groups excluding carboxylic acids is 1. The summed E-state index contributed by atoms with van der Waals surface area (Å²) in [5.74, 6) is 0.753. The highest BCUT2D eigenvalue weighted by molar-refractivity contribution is 6.04. The summed E-state index contributed by atoms with van der Waals surface area (Å²) in [7, 11) is 1.60. The van der Waals surface area contributed by atoms with E-state index in [2.05, 4.69) is 6.92 Å². The lowest BCUT2D eigenvalue weighted by molar-refractivity contribution is 0.104. The summed E-state index contributed by atoms with van der Waals surface area (Å²) < 4.78 is 5.07. The molecule has 0 spiro atoms. The summed E-state index contributed by atoms with van der Waals surface area (Å²) in [6, 6.07) is 7.21. The van der Waals surface area contributed by atoms with Gasteiger partial charge >= 0.3 is 0 Å². The topological polar surface area (TPSA) is 26.3 Å². The van der Waals surface area contributed by atoms with Crippen molar-refractivity contribution in [2.24, 2.45) is 0 Å². The molecule has 0 radical (unpaired) electrons. The number of ether oxygens (including phenoxy) is 1. The van der Waals surface area contributed by atoms with Gasteiger partial charge in [0.05, 0.1) is 7.11 Å². The van der Waals surface area contributed by atoms with E-state index in [0.29, 0.717) is 11.3 Å². The second-order valence-corrected chi connectivity index (χ2v) is 3.64. The SMILES string of the molecule is CCCC/C=C/C(=O)c1cccc(OC)c1. The van der Waals surface area contributed by atoms with Gasteiger partial charge in [-0.1, -0.05) is 38.0 Å². The van der Waals surface area contributed by atoms with E-state index in [1.807, 2.05) is 18.2 Å². The molecule has 0 N–H and O–H groups in total. The van der Waals surface area contributed by atoms with Crippen molar-refractivity contribution in [2.75, 3.05) is 7.11 Å². The van der Waals surface area contributed by atoms with Crippen LogP contribution in [-0.4, -0.2) is 12.9 Å². The van der Waals surface area contributed by atoms with Gasteiger partial charge < -0.3 is 4.74 Å². The number of ketones is 1. The lowest BCUT2D eigenvalue weighted by Crippen LogP contribution is -1.94. The van der Waals surface area contributed by atoms with Crippen LogP contribution in [0.15, 0.2) is 36.4 Å². The number of allylic oxidation sites excluding steroid dienone is 2. The van der Waals surface area contributed by atoms with Crippen LogP contribution in [0.25, 0.3) is 0 Å². The zero-order valence-corrected chi connectivity index (χ0v) is 9.90. The maximum absolute atomic E-state index is 11.7. The highest BCUT2D eigenvalue weighted by Crippen LogP contribution is 2.13. The molecule has 0 heterocycles. The van der Waals surface area contributed by atoms with E-state index in [1.54, 1.807) is 25.3 Å². The Morgan fingerprint density at radius 1 is 1.44 bits per heavy atom. The standard InChI is InChI=1S/C14H18O2/c1-3-4-5-6-10-14(15)12-8-7-9-13(11-12)16-2/h6-11H,3-5H2,1-2H3/b10-6+. The fourth-order valence-electron chi connectivity index (χ4n) is 1.38. The fraction of sp³-hybridized carbons (Fsp3) is 0.357. The van der Waals surface area contributed by atoms with Gasteiger partial charge in [-0.25, -0.2) is 0 Å². The molecular formula is C14H18O2. The molecule has 0 saturated carbocycles. The number of carbonyl (C=O) groups is 1.